The highest BCUT2D eigenvalue weighted by atomic mass is 79.9. The highest BCUT2D eigenvalue weighted by molar-refractivity contribution is 9.10. The maximum absolute atomic E-state index is 12.8. The van der Waals surface area contributed by atoms with Gasteiger partial charge < -0.3 is 5.32 Å². The minimum atomic E-state index is -0.296. The number of halogens is 2. The number of hydrogen-bond donors (Lipinski definition) is 1. The molecular formula is C13H14BrFN2S. The Morgan fingerprint density at radius 3 is 2.89 bits per heavy atom. The fourth-order valence-electron chi connectivity index (χ4n) is 1.72. The van der Waals surface area contributed by atoms with Crippen LogP contribution in [-0.2, 0) is 6.54 Å². The van der Waals surface area contributed by atoms with Gasteiger partial charge in [-0.3, -0.25) is 4.98 Å². The van der Waals surface area contributed by atoms with Gasteiger partial charge in [-0.25, -0.2) is 4.39 Å². The van der Waals surface area contributed by atoms with Crippen molar-refractivity contribution in [3.8, 4) is 0 Å². The maximum Gasteiger partial charge on any atom is 0.141 e. The molecule has 0 spiro atoms. The average Bonchev–Trinajstić information content (AvgIpc) is 2.78. The molecule has 0 saturated carbocycles. The Bertz CT molecular complexity index is 498. The van der Waals surface area contributed by atoms with Crippen LogP contribution in [0.25, 0.3) is 0 Å². The Morgan fingerprint density at radius 1 is 1.50 bits per heavy atom. The number of rotatable bonds is 5. The smallest absolute Gasteiger partial charge is 0.141 e. The van der Waals surface area contributed by atoms with Gasteiger partial charge in [0.25, 0.3) is 0 Å². The summed E-state index contributed by atoms with van der Waals surface area (Å²) in [4.78, 5) is 5.39. The molecule has 0 bridgehead atoms. The third-order valence-corrected chi connectivity index (χ3v) is 4.36. The molecule has 2 aromatic rings. The molecule has 0 fully saturated rings. The molecule has 18 heavy (non-hydrogen) atoms. The van der Waals surface area contributed by atoms with Crippen LogP contribution in [0.4, 0.5) is 4.39 Å². The normalized spacial score (nSPS) is 12.6. The minimum Gasteiger partial charge on any atom is -0.304 e. The standard InChI is InChI=1S/C13H14BrFN2S/c1-2-12(13-4-3-10(15)6-16-13)17-7-11-5-9(14)8-18-11/h3-6,8,12,17H,2,7H2,1H3. The second-order valence-corrected chi connectivity index (χ2v) is 5.89. The van der Waals surface area contributed by atoms with Crippen molar-refractivity contribution in [1.29, 1.82) is 0 Å². The number of pyridine rings is 1. The molecule has 0 aromatic carbocycles. The highest BCUT2D eigenvalue weighted by Gasteiger charge is 2.10. The van der Waals surface area contributed by atoms with Crippen LogP contribution in [0.2, 0.25) is 0 Å². The summed E-state index contributed by atoms with van der Waals surface area (Å²) in [7, 11) is 0. The van der Waals surface area contributed by atoms with Gasteiger partial charge in [-0.05, 0) is 40.5 Å². The van der Waals surface area contributed by atoms with Crippen LogP contribution in [0.15, 0.2) is 34.2 Å². The van der Waals surface area contributed by atoms with Gasteiger partial charge in [0.2, 0.25) is 0 Å². The summed E-state index contributed by atoms with van der Waals surface area (Å²) in [6.45, 7) is 2.89. The topological polar surface area (TPSA) is 24.9 Å². The van der Waals surface area contributed by atoms with Gasteiger partial charge in [0, 0.05) is 27.3 Å². The van der Waals surface area contributed by atoms with Crippen LogP contribution in [0.5, 0.6) is 0 Å². The van der Waals surface area contributed by atoms with Gasteiger partial charge in [-0.2, -0.15) is 0 Å². The van der Waals surface area contributed by atoms with E-state index in [9.17, 15) is 4.39 Å². The average molecular weight is 329 g/mol. The largest absolute Gasteiger partial charge is 0.304 e. The van der Waals surface area contributed by atoms with E-state index >= 15 is 0 Å². The van der Waals surface area contributed by atoms with Crippen molar-refractivity contribution >= 4 is 27.3 Å². The molecule has 0 saturated heterocycles. The van der Waals surface area contributed by atoms with Crippen molar-refractivity contribution in [2.75, 3.05) is 0 Å². The Labute approximate surface area is 118 Å². The zero-order valence-electron chi connectivity index (χ0n) is 9.99. The van der Waals surface area contributed by atoms with Crippen molar-refractivity contribution in [2.45, 2.75) is 25.9 Å². The van der Waals surface area contributed by atoms with Crippen molar-refractivity contribution in [1.82, 2.24) is 10.3 Å². The van der Waals surface area contributed by atoms with E-state index in [1.165, 1.54) is 17.1 Å². The number of nitrogens with zero attached hydrogens (tertiary/aromatic N) is 1. The summed E-state index contributed by atoms with van der Waals surface area (Å²) in [6, 6.07) is 5.45. The molecule has 0 amide bonds. The van der Waals surface area contributed by atoms with Gasteiger partial charge >= 0.3 is 0 Å². The van der Waals surface area contributed by atoms with E-state index in [-0.39, 0.29) is 11.9 Å². The molecule has 0 aliphatic rings. The Kier molecular flexibility index (Phi) is 4.86. The van der Waals surface area contributed by atoms with E-state index in [1.54, 1.807) is 17.4 Å². The van der Waals surface area contributed by atoms with Gasteiger partial charge in [-0.1, -0.05) is 6.92 Å². The summed E-state index contributed by atoms with van der Waals surface area (Å²) in [6.07, 6.45) is 2.19. The second kappa shape index (κ2) is 6.41. The van der Waals surface area contributed by atoms with Crippen molar-refractivity contribution in [3.63, 3.8) is 0 Å². The summed E-state index contributed by atoms with van der Waals surface area (Å²) < 4.78 is 13.9. The van der Waals surface area contributed by atoms with E-state index in [4.69, 9.17) is 0 Å². The molecule has 2 nitrogen and oxygen atoms in total. The number of nitrogens with one attached hydrogen (secondary N) is 1. The lowest BCUT2D eigenvalue weighted by Gasteiger charge is -2.15. The molecule has 0 aliphatic heterocycles. The van der Waals surface area contributed by atoms with Gasteiger partial charge in [-0.15, -0.1) is 11.3 Å². The molecule has 1 unspecified atom stereocenters. The molecule has 2 heterocycles. The lowest BCUT2D eigenvalue weighted by molar-refractivity contribution is 0.506. The lowest BCUT2D eigenvalue weighted by Crippen LogP contribution is -2.20. The summed E-state index contributed by atoms with van der Waals surface area (Å²) >= 11 is 5.15. The maximum atomic E-state index is 12.8. The highest BCUT2D eigenvalue weighted by Crippen LogP contribution is 2.21. The zero-order valence-corrected chi connectivity index (χ0v) is 12.4. The SMILES string of the molecule is CCC(NCc1cc(Br)cs1)c1ccc(F)cn1. The predicted octanol–water partition coefficient (Wildman–Crippen LogP) is 4.29. The first kappa shape index (κ1) is 13.6. The molecule has 1 atom stereocenters. The number of thiophene rings is 1. The zero-order chi connectivity index (χ0) is 13.0. The van der Waals surface area contributed by atoms with Gasteiger partial charge in [0.15, 0.2) is 0 Å². The van der Waals surface area contributed by atoms with Crippen LogP contribution < -0.4 is 5.32 Å². The van der Waals surface area contributed by atoms with Crippen LogP contribution in [-0.4, -0.2) is 4.98 Å². The first-order valence-electron chi connectivity index (χ1n) is 5.76. The van der Waals surface area contributed by atoms with Crippen LogP contribution >= 0.6 is 27.3 Å². The monoisotopic (exact) mass is 328 g/mol. The molecule has 2 aromatic heterocycles. The molecule has 5 heteroatoms. The van der Waals surface area contributed by atoms with Crippen LogP contribution in [0.1, 0.15) is 30.0 Å². The van der Waals surface area contributed by atoms with Gasteiger partial charge in [0.05, 0.1) is 11.9 Å². The van der Waals surface area contributed by atoms with Crippen molar-refractivity contribution in [3.05, 3.63) is 50.6 Å². The minimum absolute atomic E-state index is 0.159. The van der Waals surface area contributed by atoms with E-state index < -0.39 is 0 Å². The Hall–Kier alpha value is -0.780. The summed E-state index contributed by atoms with van der Waals surface area (Å²) in [5.41, 5.74) is 0.884. The fraction of sp³-hybridized carbons (Fsp3) is 0.308. The summed E-state index contributed by atoms with van der Waals surface area (Å²) in [5, 5.41) is 5.50. The number of hydrogen-bond acceptors (Lipinski definition) is 3. The lowest BCUT2D eigenvalue weighted by atomic mass is 10.1. The molecular weight excluding hydrogens is 315 g/mol. The van der Waals surface area contributed by atoms with Crippen molar-refractivity contribution in [2.24, 2.45) is 0 Å². The molecule has 1 N–H and O–H groups in total. The predicted molar refractivity (Wildman–Crippen MR) is 76.1 cm³/mol. The third-order valence-electron chi connectivity index (χ3n) is 2.66. The molecule has 0 aliphatic carbocycles. The molecule has 96 valence electrons. The first-order chi connectivity index (χ1) is 8.69. The Balaban J connectivity index is 1.99. The molecule has 2 rings (SSSR count). The molecule has 0 radical (unpaired) electrons. The first-order valence-corrected chi connectivity index (χ1v) is 7.44. The van der Waals surface area contributed by atoms with Crippen LogP contribution in [0.3, 0.4) is 0 Å². The third kappa shape index (κ3) is 3.60. The second-order valence-electron chi connectivity index (χ2n) is 3.97. The van der Waals surface area contributed by atoms with E-state index in [1.807, 2.05) is 0 Å². The van der Waals surface area contributed by atoms with Gasteiger partial charge in [0.1, 0.15) is 5.82 Å². The van der Waals surface area contributed by atoms with E-state index in [0.29, 0.717) is 0 Å². The quantitative estimate of drug-likeness (QED) is 0.885. The summed E-state index contributed by atoms with van der Waals surface area (Å²) in [5.74, 6) is -0.296. The number of aromatic nitrogens is 1. The van der Waals surface area contributed by atoms with Crippen molar-refractivity contribution < 1.29 is 4.39 Å². The van der Waals surface area contributed by atoms with E-state index in [2.05, 4.69) is 44.6 Å². The van der Waals surface area contributed by atoms with E-state index in [0.717, 1.165) is 23.1 Å². The Morgan fingerprint density at radius 2 is 2.33 bits per heavy atom. The van der Waals surface area contributed by atoms with Crippen LogP contribution in [0, 0.1) is 5.82 Å². The fourth-order valence-corrected chi connectivity index (χ4v) is 3.12.